The first-order valence-electron chi connectivity index (χ1n) is 12.8. The lowest BCUT2D eigenvalue weighted by molar-refractivity contribution is -0.143. The van der Waals surface area contributed by atoms with E-state index in [2.05, 4.69) is 5.32 Å². The molecule has 0 saturated heterocycles. The topological polar surface area (TPSA) is 140 Å². The Kier molecular flexibility index (Phi) is 9.78. The third-order valence-corrected chi connectivity index (χ3v) is 8.32. The Morgan fingerprint density at radius 3 is 2.42 bits per heavy atom. The van der Waals surface area contributed by atoms with E-state index in [-0.39, 0.29) is 42.9 Å². The van der Waals surface area contributed by atoms with Crippen molar-refractivity contribution < 1.29 is 32.5 Å². The zero-order valence-corrected chi connectivity index (χ0v) is 22.9. The number of aliphatic hydroxyl groups excluding tert-OH is 1. The first-order valence-corrected chi connectivity index (χ1v) is 14.2. The van der Waals surface area contributed by atoms with Crippen LogP contribution in [0.1, 0.15) is 17.9 Å². The van der Waals surface area contributed by atoms with E-state index in [0.29, 0.717) is 23.5 Å². The van der Waals surface area contributed by atoms with Gasteiger partial charge in [0.2, 0.25) is 16.3 Å². The lowest BCUT2D eigenvalue weighted by Crippen LogP contribution is -2.37. The van der Waals surface area contributed by atoms with E-state index in [4.69, 9.17) is 19.9 Å². The summed E-state index contributed by atoms with van der Waals surface area (Å²) in [7, 11) is -2.40. The normalized spacial score (nSPS) is 17.1. The molecule has 4 rings (SSSR count). The van der Waals surface area contributed by atoms with Gasteiger partial charge >= 0.3 is 0 Å². The number of para-hydroxylation sites is 2. The standard InChI is InChI=1S/C29H33N3O7S/c1-37-23-11-13-24(14-12-23)40(35,36)32(15-17-33)16-18-38-28-20-22(21-7-3-2-4-8-21)19-27(39-28)29(34)31-26-10-6-5-9-25(26)30/h2-14,19,22,28,33H,15-18,20,30H2,1H3,(H,31,34)/t22-,28+/m0/s1. The number of ether oxygens (including phenoxy) is 3. The summed E-state index contributed by atoms with van der Waals surface area (Å²) in [6.45, 7) is -0.526. The molecule has 10 nitrogen and oxygen atoms in total. The van der Waals surface area contributed by atoms with Crippen molar-refractivity contribution in [3.05, 3.63) is 96.3 Å². The Morgan fingerprint density at radius 2 is 1.75 bits per heavy atom. The summed E-state index contributed by atoms with van der Waals surface area (Å²) in [4.78, 5) is 13.2. The Bertz CT molecular complexity index is 1410. The van der Waals surface area contributed by atoms with Crippen LogP contribution in [0.15, 0.2) is 95.6 Å². The first-order chi connectivity index (χ1) is 19.3. The van der Waals surface area contributed by atoms with Gasteiger partial charge in [-0.15, -0.1) is 0 Å². The van der Waals surface area contributed by atoms with Crippen molar-refractivity contribution >= 4 is 27.3 Å². The van der Waals surface area contributed by atoms with Crippen LogP contribution in [0.4, 0.5) is 11.4 Å². The largest absolute Gasteiger partial charge is 0.497 e. The van der Waals surface area contributed by atoms with Gasteiger partial charge in [-0.1, -0.05) is 42.5 Å². The molecular formula is C29H33N3O7S. The smallest absolute Gasteiger partial charge is 0.290 e. The zero-order chi connectivity index (χ0) is 28.5. The summed E-state index contributed by atoms with van der Waals surface area (Å²) in [6.07, 6.45) is 1.35. The Hall–Kier alpha value is -3.90. The van der Waals surface area contributed by atoms with Gasteiger partial charge in [0.1, 0.15) is 5.75 Å². The van der Waals surface area contributed by atoms with Crippen LogP contribution >= 0.6 is 0 Å². The molecule has 0 fully saturated rings. The summed E-state index contributed by atoms with van der Waals surface area (Å²) >= 11 is 0. The summed E-state index contributed by atoms with van der Waals surface area (Å²) < 4.78 is 44.5. The van der Waals surface area contributed by atoms with E-state index in [9.17, 15) is 18.3 Å². The summed E-state index contributed by atoms with van der Waals surface area (Å²) in [5, 5.41) is 12.3. The van der Waals surface area contributed by atoms with Crippen molar-refractivity contribution in [3.8, 4) is 5.75 Å². The van der Waals surface area contributed by atoms with E-state index in [1.807, 2.05) is 30.3 Å². The van der Waals surface area contributed by atoms with Gasteiger partial charge in [0.25, 0.3) is 5.91 Å². The number of rotatable bonds is 12. The van der Waals surface area contributed by atoms with Crippen molar-refractivity contribution in [1.82, 2.24) is 4.31 Å². The molecule has 1 aliphatic rings. The average Bonchev–Trinajstić information content (AvgIpc) is 2.98. The molecule has 212 valence electrons. The van der Waals surface area contributed by atoms with Gasteiger partial charge in [-0.05, 0) is 48.0 Å². The molecule has 0 unspecified atom stereocenters. The van der Waals surface area contributed by atoms with Crippen LogP contribution in [-0.2, 0) is 24.3 Å². The van der Waals surface area contributed by atoms with Crippen LogP contribution in [0.2, 0.25) is 0 Å². The van der Waals surface area contributed by atoms with Crippen molar-refractivity contribution in [2.75, 3.05) is 44.5 Å². The van der Waals surface area contributed by atoms with E-state index in [0.717, 1.165) is 9.87 Å². The van der Waals surface area contributed by atoms with Gasteiger partial charge in [0, 0.05) is 25.4 Å². The van der Waals surface area contributed by atoms with Crippen LogP contribution in [0.3, 0.4) is 0 Å². The Labute approximate surface area is 234 Å². The van der Waals surface area contributed by atoms with E-state index in [1.165, 1.54) is 19.2 Å². The van der Waals surface area contributed by atoms with Crippen LogP contribution in [-0.4, -0.2) is 63.4 Å². The van der Waals surface area contributed by atoms with Gasteiger partial charge in [-0.3, -0.25) is 4.79 Å². The maximum absolute atomic E-state index is 13.2. The third-order valence-electron chi connectivity index (χ3n) is 6.41. The van der Waals surface area contributed by atoms with Gasteiger partial charge in [-0.25, -0.2) is 8.42 Å². The van der Waals surface area contributed by atoms with Gasteiger partial charge < -0.3 is 30.4 Å². The number of amides is 1. The lowest BCUT2D eigenvalue weighted by atomic mass is 9.93. The SMILES string of the molecule is COc1ccc(S(=O)(=O)N(CCO)CCO[C@H]2C[C@@H](c3ccccc3)C=C(C(=O)Nc3ccccc3N)O2)cc1. The number of methoxy groups -OCH3 is 1. The average molecular weight is 568 g/mol. The minimum Gasteiger partial charge on any atom is -0.497 e. The number of hydrogen-bond donors (Lipinski definition) is 3. The number of carbonyl (C=O) groups is 1. The second kappa shape index (κ2) is 13.4. The lowest BCUT2D eigenvalue weighted by Gasteiger charge is -2.30. The number of carbonyl (C=O) groups excluding carboxylic acids is 1. The van der Waals surface area contributed by atoms with Gasteiger partial charge in [0.05, 0.1) is 36.6 Å². The van der Waals surface area contributed by atoms with E-state index < -0.39 is 22.2 Å². The van der Waals surface area contributed by atoms with Crippen LogP contribution < -0.4 is 15.8 Å². The maximum atomic E-state index is 13.2. The number of nitrogens with one attached hydrogen (secondary N) is 1. The molecule has 0 spiro atoms. The number of nitrogens with zero attached hydrogens (tertiary/aromatic N) is 1. The zero-order valence-electron chi connectivity index (χ0n) is 22.1. The van der Waals surface area contributed by atoms with E-state index >= 15 is 0 Å². The molecule has 40 heavy (non-hydrogen) atoms. The molecule has 3 aromatic carbocycles. The van der Waals surface area contributed by atoms with Crippen LogP contribution in [0.25, 0.3) is 0 Å². The molecule has 0 saturated carbocycles. The van der Waals surface area contributed by atoms with Crippen LogP contribution in [0, 0.1) is 0 Å². The molecule has 0 aromatic heterocycles. The fourth-order valence-electron chi connectivity index (χ4n) is 4.29. The molecule has 3 aromatic rings. The first kappa shape index (κ1) is 29.1. The second-order valence-corrected chi connectivity index (χ2v) is 11.0. The highest BCUT2D eigenvalue weighted by Crippen LogP contribution is 2.32. The molecule has 2 atom stereocenters. The van der Waals surface area contributed by atoms with Crippen molar-refractivity contribution in [3.63, 3.8) is 0 Å². The molecular weight excluding hydrogens is 534 g/mol. The molecule has 0 radical (unpaired) electrons. The highest BCUT2D eigenvalue weighted by atomic mass is 32.2. The highest BCUT2D eigenvalue weighted by Gasteiger charge is 2.30. The number of hydrogen-bond acceptors (Lipinski definition) is 8. The summed E-state index contributed by atoms with van der Waals surface area (Å²) in [5.74, 6) is -0.0470. The predicted octanol–water partition coefficient (Wildman–Crippen LogP) is 3.33. The number of sulfonamides is 1. The fraction of sp³-hybridized carbons (Fsp3) is 0.276. The summed E-state index contributed by atoms with van der Waals surface area (Å²) in [5.41, 5.74) is 7.83. The number of benzene rings is 3. The van der Waals surface area contributed by atoms with Gasteiger partial charge in [0.15, 0.2) is 5.76 Å². The molecule has 0 bridgehead atoms. The quantitative estimate of drug-likeness (QED) is 0.283. The number of nitrogens with two attached hydrogens (primary N) is 1. The summed E-state index contributed by atoms with van der Waals surface area (Å²) in [6, 6.07) is 22.6. The van der Waals surface area contributed by atoms with Gasteiger partial charge in [-0.2, -0.15) is 4.31 Å². The maximum Gasteiger partial charge on any atom is 0.290 e. The number of allylic oxidation sites excluding steroid dienone is 1. The van der Waals surface area contributed by atoms with Crippen molar-refractivity contribution in [1.29, 1.82) is 0 Å². The molecule has 1 aliphatic heterocycles. The van der Waals surface area contributed by atoms with Crippen molar-refractivity contribution in [2.24, 2.45) is 0 Å². The fourth-order valence-corrected chi connectivity index (χ4v) is 5.71. The van der Waals surface area contributed by atoms with Crippen LogP contribution in [0.5, 0.6) is 5.75 Å². The minimum absolute atomic E-state index is 0.0257. The monoisotopic (exact) mass is 567 g/mol. The number of anilines is 2. The Morgan fingerprint density at radius 1 is 1.05 bits per heavy atom. The molecule has 1 heterocycles. The number of aliphatic hydroxyl groups is 1. The molecule has 0 aliphatic carbocycles. The predicted molar refractivity (Wildman–Crippen MR) is 151 cm³/mol. The Balaban J connectivity index is 1.46. The van der Waals surface area contributed by atoms with E-state index in [1.54, 1.807) is 42.5 Å². The minimum atomic E-state index is -3.90. The van der Waals surface area contributed by atoms with Crippen molar-refractivity contribution in [2.45, 2.75) is 23.5 Å². The third kappa shape index (κ3) is 7.19. The highest BCUT2D eigenvalue weighted by molar-refractivity contribution is 7.89. The second-order valence-electron chi connectivity index (χ2n) is 9.05. The number of nitrogen functional groups attached to an aromatic ring is 1. The molecule has 1 amide bonds. The molecule has 4 N–H and O–H groups in total. The molecule has 11 heteroatoms.